The molecule has 150 valence electrons. The Bertz CT molecular complexity index is 763. The van der Waals surface area contributed by atoms with Gasteiger partial charge in [0.1, 0.15) is 12.4 Å². The Hall–Kier alpha value is -1.82. The summed E-state index contributed by atoms with van der Waals surface area (Å²) in [5.41, 5.74) is 1.94. The van der Waals surface area contributed by atoms with Crippen LogP contribution in [0.1, 0.15) is 18.4 Å². The monoisotopic (exact) mass is 401 g/mol. The highest BCUT2D eigenvalue weighted by Gasteiger charge is 2.21. The molecule has 2 saturated heterocycles. The van der Waals surface area contributed by atoms with Crippen molar-refractivity contribution in [2.75, 3.05) is 59.0 Å². The van der Waals surface area contributed by atoms with Crippen molar-refractivity contribution in [2.24, 2.45) is 0 Å². The molecule has 0 bridgehead atoms. The second kappa shape index (κ2) is 9.12. The largest absolute Gasteiger partial charge is 0.488 e. The van der Waals surface area contributed by atoms with Crippen LogP contribution in [-0.2, 0) is 4.79 Å². The lowest BCUT2D eigenvalue weighted by molar-refractivity contribution is -0.127. The van der Waals surface area contributed by atoms with Crippen LogP contribution in [0.25, 0.3) is 6.08 Å². The van der Waals surface area contributed by atoms with E-state index in [-0.39, 0.29) is 5.91 Å². The summed E-state index contributed by atoms with van der Waals surface area (Å²) in [6.07, 6.45) is 8.25. The Kier molecular flexibility index (Phi) is 6.35. The van der Waals surface area contributed by atoms with E-state index in [1.54, 1.807) is 6.08 Å². The summed E-state index contributed by atoms with van der Waals surface area (Å²) in [6, 6.07) is 5.58. The summed E-state index contributed by atoms with van der Waals surface area (Å²) in [6.45, 7) is 8.78. The highest BCUT2D eigenvalue weighted by atomic mass is 35.5. The minimum atomic E-state index is 0.0805. The average molecular weight is 402 g/mol. The third kappa shape index (κ3) is 4.96. The number of ether oxygens (including phenoxy) is 1. The number of likely N-dealkylation sites (tertiary alicyclic amines) is 1. The van der Waals surface area contributed by atoms with Gasteiger partial charge in [0.2, 0.25) is 5.91 Å². The molecule has 0 spiro atoms. The summed E-state index contributed by atoms with van der Waals surface area (Å²) in [5.74, 6) is 0.912. The molecule has 28 heavy (non-hydrogen) atoms. The molecule has 2 fully saturated rings. The summed E-state index contributed by atoms with van der Waals surface area (Å²) < 4.78 is 5.74. The van der Waals surface area contributed by atoms with Gasteiger partial charge in [-0.3, -0.25) is 9.69 Å². The average Bonchev–Trinajstić information content (AvgIpc) is 3.24. The van der Waals surface area contributed by atoms with Crippen molar-refractivity contribution in [3.63, 3.8) is 0 Å². The first-order chi connectivity index (χ1) is 13.7. The number of benzene rings is 1. The van der Waals surface area contributed by atoms with Gasteiger partial charge >= 0.3 is 0 Å². The van der Waals surface area contributed by atoms with Gasteiger partial charge in [-0.05, 0) is 55.8 Å². The molecule has 0 radical (unpaired) electrons. The molecular weight excluding hydrogens is 374 g/mol. The van der Waals surface area contributed by atoms with Gasteiger partial charge in [0.15, 0.2) is 0 Å². The van der Waals surface area contributed by atoms with Gasteiger partial charge in [0, 0.05) is 55.9 Å². The number of amides is 1. The molecule has 0 aliphatic carbocycles. The first-order valence-electron chi connectivity index (χ1n) is 10.2. The van der Waals surface area contributed by atoms with Crippen LogP contribution in [0.2, 0.25) is 5.02 Å². The first kappa shape index (κ1) is 19.5. The third-order valence-corrected chi connectivity index (χ3v) is 6.00. The van der Waals surface area contributed by atoms with Crippen LogP contribution in [0.4, 0.5) is 0 Å². The van der Waals surface area contributed by atoms with E-state index in [2.05, 4.69) is 9.80 Å². The second-order valence-corrected chi connectivity index (χ2v) is 8.18. The van der Waals surface area contributed by atoms with E-state index in [1.165, 1.54) is 25.9 Å². The SMILES string of the molecule is O=C(/C=C/C1=Cc2cc(Cl)ccc2OC1)N1CCN(CCN2CCCC2)CC1. The fraction of sp³-hybridized carbons (Fsp3) is 0.500. The topological polar surface area (TPSA) is 36.0 Å². The Morgan fingerprint density at radius 2 is 1.75 bits per heavy atom. The van der Waals surface area contributed by atoms with Crippen LogP contribution >= 0.6 is 11.6 Å². The number of piperazine rings is 1. The van der Waals surface area contributed by atoms with Crippen LogP contribution in [0.3, 0.4) is 0 Å². The van der Waals surface area contributed by atoms with Crippen molar-refractivity contribution in [2.45, 2.75) is 12.8 Å². The lowest BCUT2D eigenvalue weighted by Crippen LogP contribution is -2.49. The van der Waals surface area contributed by atoms with Crippen molar-refractivity contribution < 1.29 is 9.53 Å². The third-order valence-electron chi connectivity index (χ3n) is 5.76. The van der Waals surface area contributed by atoms with Crippen molar-refractivity contribution >= 4 is 23.6 Å². The van der Waals surface area contributed by atoms with E-state index in [0.717, 1.165) is 56.2 Å². The zero-order valence-corrected chi connectivity index (χ0v) is 17.0. The Morgan fingerprint density at radius 1 is 1.04 bits per heavy atom. The molecule has 3 aliphatic rings. The van der Waals surface area contributed by atoms with E-state index >= 15 is 0 Å². The Morgan fingerprint density at radius 3 is 2.50 bits per heavy atom. The zero-order chi connectivity index (χ0) is 19.3. The van der Waals surface area contributed by atoms with Gasteiger partial charge in [0.25, 0.3) is 0 Å². The van der Waals surface area contributed by atoms with Crippen molar-refractivity contribution in [1.29, 1.82) is 0 Å². The molecule has 1 aromatic carbocycles. The molecular formula is C22H28ClN3O2. The number of carbonyl (C=O) groups excluding carboxylic acids is 1. The maximum atomic E-state index is 12.5. The van der Waals surface area contributed by atoms with E-state index in [1.807, 2.05) is 35.3 Å². The van der Waals surface area contributed by atoms with E-state index in [9.17, 15) is 4.79 Å². The molecule has 1 amide bonds. The van der Waals surface area contributed by atoms with E-state index in [0.29, 0.717) is 11.6 Å². The molecule has 4 rings (SSSR count). The van der Waals surface area contributed by atoms with Gasteiger partial charge in [-0.2, -0.15) is 0 Å². The van der Waals surface area contributed by atoms with Gasteiger partial charge in [-0.1, -0.05) is 17.7 Å². The molecule has 0 N–H and O–H groups in total. The fourth-order valence-corrected chi connectivity index (χ4v) is 4.21. The highest BCUT2D eigenvalue weighted by Crippen LogP contribution is 2.29. The van der Waals surface area contributed by atoms with Gasteiger partial charge in [0.05, 0.1) is 0 Å². The van der Waals surface area contributed by atoms with Crippen LogP contribution in [0, 0.1) is 0 Å². The number of hydrogen-bond acceptors (Lipinski definition) is 4. The normalized spacial score (nSPS) is 20.9. The van der Waals surface area contributed by atoms with Gasteiger partial charge < -0.3 is 14.5 Å². The molecule has 0 unspecified atom stereocenters. The van der Waals surface area contributed by atoms with E-state index in [4.69, 9.17) is 16.3 Å². The van der Waals surface area contributed by atoms with Gasteiger partial charge in [-0.25, -0.2) is 0 Å². The molecule has 1 aromatic rings. The lowest BCUT2D eigenvalue weighted by atomic mass is 10.1. The molecule has 3 aliphatic heterocycles. The molecule has 0 saturated carbocycles. The predicted molar refractivity (Wildman–Crippen MR) is 113 cm³/mol. The minimum absolute atomic E-state index is 0.0805. The maximum absolute atomic E-state index is 12.5. The van der Waals surface area contributed by atoms with Crippen LogP contribution < -0.4 is 4.74 Å². The van der Waals surface area contributed by atoms with Crippen molar-refractivity contribution in [1.82, 2.24) is 14.7 Å². The highest BCUT2D eigenvalue weighted by molar-refractivity contribution is 6.30. The van der Waals surface area contributed by atoms with E-state index < -0.39 is 0 Å². The predicted octanol–water partition coefficient (Wildman–Crippen LogP) is 2.91. The number of nitrogens with zero attached hydrogens (tertiary/aromatic N) is 3. The summed E-state index contributed by atoms with van der Waals surface area (Å²) >= 11 is 6.05. The quantitative estimate of drug-likeness (QED) is 0.711. The Labute approximate surface area is 172 Å². The number of halogens is 1. The molecule has 6 heteroatoms. The van der Waals surface area contributed by atoms with Crippen molar-refractivity contribution in [3.05, 3.63) is 46.5 Å². The smallest absolute Gasteiger partial charge is 0.246 e. The molecule has 0 atom stereocenters. The first-order valence-corrected chi connectivity index (χ1v) is 10.6. The summed E-state index contributed by atoms with van der Waals surface area (Å²) in [5, 5.41) is 0.683. The molecule has 5 nitrogen and oxygen atoms in total. The molecule has 0 aromatic heterocycles. The van der Waals surface area contributed by atoms with Crippen LogP contribution in [0.5, 0.6) is 5.75 Å². The van der Waals surface area contributed by atoms with Crippen LogP contribution in [-0.4, -0.2) is 79.6 Å². The maximum Gasteiger partial charge on any atom is 0.246 e. The summed E-state index contributed by atoms with van der Waals surface area (Å²) in [4.78, 5) is 19.5. The number of carbonyl (C=O) groups is 1. The second-order valence-electron chi connectivity index (χ2n) is 7.74. The summed E-state index contributed by atoms with van der Waals surface area (Å²) in [7, 11) is 0. The standard InChI is InChI=1S/C22H28ClN3O2/c23-20-4-5-21-19(16-20)15-18(17-28-21)3-6-22(27)26-13-11-25(12-14-26)10-9-24-7-1-2-8-24/h3-6,15-16H,1-2,7-14,17H2/b6-3+. The molecule has 3 heterocycles. The number of fused-ring (bicyclic) bond motifs is 1. The van der Waals surface area contributed by atoms with Crippen molar-refractivity contribution in [3.8, 4) is 5.75 Å². The van der Waals surface area contributed by atoms with Gasteiger partial charge in [-0.15, -0.1) is 0 Å². The minimum Gasteiger partial charge on any atom is -0.488 e. The number of rotatable bonds is 5. The Balaban J connectivity index is 1.25. The number of hydrogen-bond donors (Lipinski definition) is 0. The van der Waals surface area contributed by atoms with Crippen LogP contribution in [0.15, 0.2) is 35.9 Å². The lowest BCUT2D eigenvalue weighted by Gasteiger charge is -2.35. The fourth-order valence-electron chi connectivity index (χ4n) is 4.03. The zero-order valence-electron chi connectivity index (χ0n) is 16.3.